The first kappa shape index (κ1) is 21.5. The van der Waals surface area contributed by atoms with E-state index >= 15 is 0 Å². The van der Waals surface area contributed by atoms with Crippen molar-refractivity contribution in [1.29, 1.82) is 0 Å². The molecule has 0 amide bonds. The Morgan fingerprint density at radius 3 is 2.42 bits per heavy atom. The molecule has 0 aliphatic carbocycles. The van der Waals surface area contributed by atoms with Crippen molar-refractivity contribution in [2.24, 2.45) is 12.2 Å². The lowest BCUT2D eigenvalue weighted by Gasteiger charge is -2.10. The largest absolute Gasteiger partial charge is 0.470 e. The van der Waals surface area contributed by atoms with Crippen LogP contribution in [-0.2, 0) is 16.6 Å². The van der Waals surface area contributed by atoms with Gasteiger partial charge in [0.25, 0.3) is 5.56 Å². The zero-order valence-electron chi connectivity index (χ0n) is 14.8. The van der Waals surface area contributed by atoms with Crippen molar-refractivity contribution in [2.45, 2.75) is 6.92 Å². The number of rotatable bonds is 3. The summed E-state index contributed by atoms with van der Waals surface area (Å²) < 4.78 is 6.91. The number of hydrogen-bond acceptors (Lipinski definition) is 5. The van der Waals surface area contributed by atoms with Crippen LogP contribution in [0.3, 0.4) is 0 Å². The lowest BCUT2D eigenvalue weighted by molar-refractivity contribution is 0.202. The van der Waals surface area contributed by atoms with Gasteiger partial charge in [0, 0.05) is 23.8 Å². The van der Waals surface area contributed by atoms with Gasteiger partial charge < -0.3 is 14.1 Å². The molecule has 0 saturated heterocycles. The molecular formula is C17H19Cl2N3O4. The molecule has 7 nitrogen and oxygen atoms in total. The van der Waals surface area contributed by atoms with Gasteiger partial charge in [0.05, 0.1) is 12.8 Å². The molecule has 0 unspecified atom stereocenters. The standard InChI is InChI=1S/C14H13ClN2O2.C3H6ClNO2/c1-4-10-8-11(5-6-12(10)15)17-13(18)7-9(2)16(3)14(17)19;1-6-3(4)5-7-2/h4-8H,1H2,2-3H3;1-2H3/b;5-3-. The summed E-state index contributed by atoms with van der Waals surface area (Å²) in [6, 6.07) is 6.35. The second-order valence-corrected chi connectivity index (χ2v) is 5.67. The molecule has 0 saturated carbocycles. The minimum atomic E-state index is -0.387. The Morgan fingerprint density at radius 2 is 1.92 bits per heavy atom. The molecule has 1 aromatic carbocycles. The molecular weight excluding hydrogens is 381 g/mol. The summed E-state index contributed by atoms with van der Waals surface area (Å²) in [5.74, 6) is 0. The van der Waals surface area contributed by atoms with Crippen LogP contribution in [0.4, 0.5) is 0 Å². The number of halogens is 2. The Kier molecular flexibility index (Phi) is 8.15. The summed E-state index contributed by atoms with van der Waals surface area (Å²) in [6.45, 7) is 5.36. The predicted octanol–water partition coefficient (Wildman–Crippen LogP) is 2.93. The molecule has 0 spiro atoms. The second kappa shape index (κ2) is 9.84. The number of oxime groups is 1. The molecule has 1 aromatic heterocycles. The number of ether oxygens (including phenoxy) is 1. The Morgan fingerprint density at radius 1 is 1.27 bits per heavy atom. The molecule has 140 valence electrons. The third-order valence-corrected chi connectivity index (χ3v) is 3.92. The zero-order chi connectivity index (χ0) is 19.9. The SMILES string of the molecule is C=Cc1cc(-n2c(=O)cc(C)n(C)c2=O)ccc1Cl.CO/N=C(/Cl)OC. The van der Waals surface area contributed by atoms with Gasteiger partial charge >= 0.3 is 11.0 Å². The van der Waals surface area contributed by atoms with Crippen molar-refractivity contribution in [3.05, 3.63) is 68.0 Å². The normalized spacial score (nSPS) is 10.6. The average molecular weight is 400 g/mol. The molecule has 0 atom stereocenters. The second-order valence-electron chi connectivity index (χ2n) is 4.94. The molecule has 0 fully saturated rings. The summed E-state index contributed by atoms with van der Waals surface area (Å²) >= 11 is 11.1. The van der Waals surface area contributed by atoms with Gasteiger partial charge in [-0.3, -0.25) is 4.79 Å². The van der Waals surface area contributed by atoms with Crippen molar-refractivity contribution in [3.63, 3.8) is 0 Å². The van der Waals surface area contributed by atoms with Crippen LogP contribution in [0.5, 0.6) is 0 Å². The van der Waals surface area contributed by atoms with Crippen molar-refractivity contribution in [3.8, 4) is 5.69 Å². The Balaban J connectivity index is 0.000000412. The third-order valence-electron chi connectivity index (χ3n) is 3.35. The van der Waals surface area contributed by atoms with Gasteiger partial charge in [-0.05, 0) is 47.4 Å². The van der Waals surface area contributed by atoms with Crippen LogP contribution in [-0.4, -0.2) is 28.7 Å². The fourth-order valence-electron chi connectivity index (χ4n) is 1.91. The topological polar surface area (TPSA) is 74.8 Å². The highest BCUT2D eigenvalue weighted by Crippen LogP contribution is 2.19. The molecule has 26 heavy (non-hydrogen) atoms. The zero-order valence-corrected chi connectivity index (χ0v) is 16.3. The van der Waals surface area contributed by atoms with Gasteiger partial charge in [-0.2, -0.15) is 0 Å². The van der Waals surface area contributed by atoms with Crippen LogP contribution in [0, 0.1) is 6.92 Å². The first-order valence-corrected chi connectivity index (χ1v) is 8.05. The molecule has 0 bridgehead atoms. The highest BCUT2D eigenvalue weighted by molar-refractivity contribution is 6.62. The quantitative estimate of drug-likeness (QED) is 0.451. The number of benzene rings is 1. The smallest absolute Gasteiger partial charge is 0.335 e. The molecule has 9 heteroatoms. The molecule has 0 N–H and O–H groups in total. The predicted molar refractivity (Wildman–Crippen MR) is 104 cm³/mol. The van der Waals surface area contributed by atoms with E-state index < -0.39 is 0 Å². The van der Waals surface area contributed by atoms with E-state index in [9.17, 15) is 9.59 Å². The average Bonchev–Trinajstić information content (AvgIpc) is 2.61. The maximum atomic E-state index is 12.2. The van der Waals surface area contributed by atoms with Gasteiger partial charge in [-0.1, -0.05) is 24.3 Å². The summed E-state index contributed by atoms with van der Waals surface area (Å²) in [6.07, 6.45) is 1.58. The molecule has 1 heterocycles. The first-order valence-electron chi connectivity index (χ1n) is 7.29. The number of aryl methyl sites for hydroxylation is 1. The first-order chi connectivity index (χ1) is 12.3. The summed E-state index contributed by atoms with van der Waals surface area (Å²) in [7, 11) is 4.42. The van der Waals surface area contributed by atoms with E-state index in [-0.39, 0.29) is 16.6 Å². The van der Waals surface area contributed by atoms with E-state index in [0.717, 1.165) is 4.57 Å². The maximum Gasteiger partial charge on any atom is 0.335 e. The van der Waals surface area contributed by atoms with Gasteiger partial charge in [0.15, 0.2) is 0 Å². The molecule has 0 aliphatic rings. The lowest BCUT2D eigenvalue weighted by atomic mass is 10.2. The highest BCUT2D eigenvalue weighted by Gasteiger charge is 2.09. The summed E-state index contributed by atoms with van der Waals surface area (Å²) in [5, 5.41) is 3.73. The van der Waals surface area contributed by atoms with Gasteiger partial charge in [-0.15, -0.1) is 0 Å². The Bertz CT molecular complexity index is 933. The molecule has 0 radical (unpaired) electrons. The van der Waals surface area contributed by atoms with Gasteiger partial charge in [-0.25, -0.2) is 9.36 Å². The van der Waals surface area contributed by atoms with Crippen LogP contribution >= 0.6 is 23.2 Å². The Labute approximate surface area is 160 Å². The van der Waals surface area contributed by atoms with E-state index in [0.29, 0.717) is 22.0 Å². The highest BCUT2D eigenvalue weighted by atomic mass is 35.5. The van der Waals surface area contributed by atoms with E-state index in [1.807, 2.05) is 0 Å². The van der Waals surface area contributed by atoms with Crippen molar-refractivity contribution in [1.82, 2.24) is 9.13 Å². The van der Waals surface area contributed by atoms with Crippen LogP contribution in [0.25, 0.3) is 11.8 Å². The fraction of sp³-hybridized carbons (Fsp3) is 0.235. The summed E-state index contributed by atoms with van der Waals surface area (Å²) in [4.78, 5) is 28.4. The summed E-state index contributed by atoms with van der Waals surface area (Å²) in [5.41, 5.74) is 1.02. The van der Waals surface area contributed by atoms with E-state index in [2.05, 4.69) is 21.3 Å². The minimum Gasteiger partial charge on any atom is -0.470 e. The number of hydrogen-bond donors (Lipinski definition) is 0. The van der Waals surface area contributed by atoms with Crippen LogP contribution in [0.1, 0.15) is 11.3 Å². The van der Waals surface area contributed by atoms with Crippen molar-refractivity contribution in [2.75, 3.05) is 14.2 Å². The third kappa shape index (κ3) is 5.24. The van der Waals surface area contributed by atoms with Gasteiger partial charge in [0.2, 0.25) is 0 Å². The van der Waals surface area contributed by atoms with E-state index in [1.54, 1.807) is 38.2 Å². The van der Waals surface area contributed by atoms with E-state index in [1.165, 1.54) is 24.9 Å². The van der Waals surface area contributed by atoms with Crippen molar-refractivity contribution >= 4 is 34.6 Å². The van der Waals surface area contributed by atoms with Crippen LogP contribution < -0.4 is 11.2 Å². The van der Waals surface area contributed by atoms with Crippen LogP contribution in [0.15, 0.2) is 45.6 Å². The number of nitrogens with zero attached hydrogens (tertiary/aromatic N) is 3. The molecule has 2 rings (SSSR count). The molecule has 2 aromatic rings. The van der Waals surface area contributed by atoms with Gasteiger partial charge in [0.1, 0.15) is 7.11 Å². The number of aromatic nitrogens is 2. The minimum absolute atomic E-state index is 0.00231. The molecule has 0 aliphatic heterocycles. The monoisotopic (exact) mass is 399 g/mol. The lowest BCUT2D eigenvalue weighted by Crippen LogP contribution is -2.38. The Hall–Kier alpha value is -2.51. The number of methoxy groups -OCH3 is 1. The van der Waals surface area contributed by atoms with E-state index in [4.69, 9.17) is 23.2 Å². The maximum absolute atomic E-state index is 12.2. The van der Waals surface area contributed by atoms with Crippen LogP contribution in [0.2, 0.25) is 5.02 Å². The van der Waals surface area contributed by atoms with Crippen molar-refractivity contribution < 1.29 is 9.57 Å². The fourth-order valence-corrected chi connectivity index (χ4v) is 2.17.